The first kappa shape index (κ1) is 20.2. The fourth-order valence-electron chi connectivity index (χ4n) is 3.17. The number of aromatic nitrogens is 1. The second kappa shape index (κ2) is 7.81. The molecule has 152 valence electrons. The molecule has 1 aromatic heterocycles. The summed E-state index contributed by atoms with van der Waals surface area (Å²) in [6, 6.07) is 5.48. The van der Waals surface area contributed by atoms with Gasteiger partial charge in [-0.2, -0.15) is 0 Å². The van der Waals surface area contributed by atoms with E-state index in [0.29, 0.717) is 43.1 Å². The highest BCUT2D eigenvalue weighted by molar-refractivity contribution is 5.94. The van der Waals surface area contributed by atoms with Crippen molar-refractivity contribution >= 4 is 28.8 Å². The van der Waals surface area contributed by atoms with Crippen molar-refractivity contribution in [3.63, 3.8) is 0 Å². The number of amides is 2. The van der Waals surface area contributed by atoms with E-state index >= 15 is 0 Å². The molecule has 2 heterocycles. The highest BCUT2D eigenvalue weighted by Gasteiger charge is 2.30. The van der Waals surface area contributed by atoms with E-state index in [4.69, 9.17) is 9.15 Å². The molecule has 0 bridgehead atoms. The molecule has 0 aliphatic carbocycles. The average Bonchev–Trinajstić information content (AvgIpc) is 3.04. The molecule has 0 spiro atoms. The fourth-order valence-corrected chi connectivity index (χ4v) is 3.17. The van der Waals surface area contributed by atoms with Gasteiger partial charge in [0.1, 0.15) is 11.1 Å². The van der Waals surface area contributed by atoms with Crippen LogP contribution in [0.3, 0.4) is 0 Å². The van der Waals surface area contributed by atoms with E-state index < -0.39 is 5.60 Å². The SMILES string of the molecule is CC(C)c1nc2cc(NC(=O)C3CCN(C(=O)OC(C)(C)C)CC3)ccc2o1. The number of benzene rings is 1. The van der Waals surface area contributed by atoms with Gasteiger partial charge in [0.15, 0.2) is 11.5 Å². The minimum atomic E-state index is -0.513. The standard InChI is InChI=1S/C21H29N3O4/c1-13(2)19-23-16-12-15(6-7-17(16)27-19)22-18(25)14-8-10-24(11-9-14)20(26)28-21(3,4)5/h6-7,12-14H,8-11H2,1-5H3,(H,22,25). The number of hydrogen-bond acceptors (Lipinski definition) is 5. The lowest BCUT2D eigenvalue weighted by Gasteiger charge is -2.32. The molecule has 2 amide bonds. The number of rotatable bonds is 3. The molecule has 0 radical (unpaired) electrons. The van der Waals surface area contributed by atoms with Crippen LogP contribution in [0.25, 0.3) is 11.1 Å². The maximum Gasteiger partial charge on any atom is 0.410 e. The number of carbonyl (C=O) groups excluding carboxylic acids is 2. The third-order valence-corrected chi connectivity index (χ3v) is 4.68. The van der Waals surface area contributed by atoms with Crippen LogP contribution in [0.5, 0.6) is 0 Å². The number of nitrogens with one attached hydrogen (secondary N) is 1. The van der Waals surface area contributed by atoms with Crippen molar-refractivity contribution in [1.29, 1.82) is 0 Å². The summed E-state index contributed by atoms with van der Waals surface area (Å²) in [4.78, 5) is 30.9. The maximum atomic E-state index is 12.6. The van der Waals surface area contributed by atoms with E-state index in [0.717, 1.165) is 5.52 Å². The molecule has 0 unspecified atom stereocenters. The van der Waals surface area contributed by atoms with E-state index in [1.807, 2.05) is 52.8 Å². The van der Waals surface area contributed by atoms with E-state index in [1.165, 1.54) is 0 Å². The summed E-state index contributed by atoms with van der Waals surface area (Å²) < 4.78 is 11.1. The molecule has 0 atom stereocenters. The van der Waals surface area contributed by atoms with E-state index in [-0.39, 0.29) is 23.8 Å². The Hall–Kier alpha value is -2.57. The number of piperidine rings is 1. The summed E-state index contributed by atoms with van der Waals surface area (Å²) in [6.07, 6.45) is 0.924. The quantitative estimate of drug-likeness (QED) is 0.836. The van der Waals surface area contributed by atoms with Crippen LogP contribution in [-0.4, -0.2) is 40.6 Å². The molecular weight excluding hydrogens is 358 g/mol. The van der Waals surface area contributed by atoms with Crippen LogP contribution in [0, 0.1) is 5.92 Å². The van der Waals surface area contributed by atoms with Gasteiger partial charge in [-0.05, 0) is 51.8 Å². The zero-order valence-corrected chi connectivity index (χ0v) is 17.2. The van der Waals surface area contributed by atoms with Crippen LogP contribution in [0.4, 0.5) is 10.5 Å². The lowest BCUT2D eigenvalue weighted by Crippen LogP contribution is -2.43. The Balaban J connectivity index is 1.57. The van der Waals surface area contributed by atoms with Crippen molar-refractivity contribution in [3.05, 3.63) is 24.1 Å². The van der Waals surface area contributed by atoms with Gasteiger partial charge in [0.05, 0.1) is 0 Å². The summed E-state index contributed by atoms with van der Waals surface area (Å²) in [6.45, 7) is 10.6. The number of hydrogen-bond donors (Lipinski definition) is 1. The van der Waals surface area contributed by atoms with Crippen LogP contribution in [0.15, 0.2) is 22.6 Å². The first-order valence-electron chi connectivity index (χ1n) is 9.81. The van der Waals surface area contributed by atoms with Crippen LogP contribution < -0.4 is 5.32 Å². The van der Waals surface area contributed by atoms with Gasteiger partial charge >= 0.3 is 6.09 Å². The Morgan fingerprint density at radius 2 is 1.93 bits per heavy atom. The average molecular weight is 387 g/mol. The van der Waals surface area contributed by atoms with Gasteiger partial charge in [0, 0.05) is 30.6 Å². The third kappa shape index (κ3) is 4.82. The van der Waals surface area contributed by atoms with Crippen molar-refractivity contribution in [2.45, 2.75) is 59.0 Å². The number of carbonyl (C=O) groups is 2. The number of fused-ring (bicyclic) bond motifs is 1. The Morgan fingerprint density at radius 1 is 1.25 bits per heavy atom. The summed E-state index contributed by atoms with van der Waals surface area (Å²) in [5.74, 6) is 0.738. The number of oxazole rings is 1. The monoisotopic (exact) mass is 387 g/mol. The Morgan fingerprint density at radius 3 is 2.54 bits per heavy atom. The lowest BCUT2D eigenvalue weighted by molar-refractivity contribution is -0.121. The van der Waals surface area contributed by atoms with Crippen LogP contribution in [0.1, 0.15) is 59.3 Å². The van der Waals surface area contributed by atoms with Crippen molar-refractivity contribution in [2.24, 2.45) is 5.92 Å². The largest absolute Gasteiger partial charge is 0.444 e. The zero-order chi connectivity index (χ0) is 20.5. The van der Waals surface area contributed by atoms with Crippen molar-refractivity contribution in [2.75, 3.05) is 18.4 Å². The molecule has 1 fully saturated rings. The second-order valence-corrected chi connectivity index (χ2v) is 8.62. The fraction of sp³-hybridized carbons (Fsp3) is 0.571. The highest BCUT2D eigenvalue weighted by Crippen LogP contribution is 2.25. The number of likely N-dealkylation sites (tertiary alicyclic amines) is 1. The molecule has 3 rings (SSSR count). The van der Waals surface area contributed by atoms with Crippen molar-refractivity contribution in [3.8, 4) is 0 Å². The molecule has 1 aliphatic rings. The lowest BCUT2D eigenvalue weighted by atomic mass is 9.96. The Labute approximate surface area is 165 Å². The van der Waals surface area contributed by atoms with Crippen LogP contribution in [-0.2, 0) is 9.53 Å². The topological polar surface area (TPSA) is 84.7 Å². The highest BCUT2D eigenvalue weighted by atomic mass is 16.6. The third-order valence-electron chi connectivity index (χ3n) is 4.68. The predicted octanol–water partition coefficient (Wildman–Crippen LogP) is 4.54. The van der Waals surface area contributed by atoms with E-state index in [2.05, 4.69) is 10.3 Å². The molecule has 1 aromatic carbocycles. The molecule has 2 aromatic rings. The number of ether oxygens (including phenoxy) is 1. The smallest absolute Gasteiger partial charge is 0.410 e. The zero-order valence-electron chi connectivity index (χ0n) is 17.2. The maximum absolute atomic E-state index is 12.6. The van der Waals surface area contributed by atoms with Gasteiger partial charge in [-0.1, -0.05) is 13.8 Å². The summed E-state index contributed by atoms with van der Waals surface area (Å²) in [5.41, 5.74) is 1.64. The number of nitrogens with zero attached hydrogens (tertiary/aromatic N) is 2. The van der Waals surface area contributed by atoms with Crippen molar-refractivity contribution < 1.29 is 18.7 Å². The van der Waals surface area contributed by atoms with Crippen LogP contribution >= 0.6 is 0 Å². The number of anilines is 1. The van der Waals surface area contributed by atoms with Crippen LogP contribution in [0.2, 0.25) is 0 Å². The molecule has 1 N–H and O–H groups in total. The summed E-state index contributed by atoms with van der Waals surface area (Å²) in [7, 11) is 0. The molecule has 0 saturated carbocycles. The summed E-state index contributed by atoms with van der Waals surface area (Å²) in [5, 5.41) is 2.97. The minimum Gasteiger partial charge on any atom is -0.444 e. The van der Waals surface area contributed by atoms with Gasteiger partial charge in [-0.3, -0.25) is 4.79 Å². The molecule has 1 saturated heterocycles. The molecule has 1 aliphatic heterocycles. The van der Waals surface area contributed by atoms with E-state index in [1.54, 1.807) is 4.90 Å². The van der Waals surface area contributed by atoms with Gasteiger partial charge < -0.3 is 19.4 Å². The molecule has 7 nitrogen and oxygen atoms in total. The first-order chi connectivity index (χ1) is 13.1. The Bertz CT molecular complexity index is 858. The van der Waals surface area contributed by atoms with Gasteiger partial charge in [0.2, 0.25) is 5.91 Å². The van der Waals surface area contributed by atoms with E-state index in [9.17, 15) is 9.59 Å². The first-order valence-corrected chi connectivity index (χ1v) is 9.81. The Kier molecular flexibility index (Phi) is 5.63. The summed E-state index contributed by atoms with van der Waals surface area (Å²) >= 11 is 0. The van der Waals surface area contributed by atoms with Gasteiger partial charge in [-0.15, -0.1) is 0 Å². The van der Waals surface area contributed by atoms with Gasteiger partial charge in [-0.25, -0.2) is 9.78 Å². The molecule has 7 heteroatoms. The normalized spacial score (nSPS) is 15.9. The van der Waals surface area contributed by atoms with Crippen molar-refractivity contribution in [1.82, 2.24) is 9.88 Å². The van der Waals surface area contributed by atoms with Gasteiger partial charge in [0.25, 0.3) is 0 Å². The second-order valence-electron chi connectivity index (χ2n) is 8.62. The molecule has 28 heavy (non-hydrogen) atoms. The minimum absolute atomic E-state index is 0.0317. The molecular formula is C21H29N3O4. The predicted molar refractivity (Wildman–Crippen MR) is 107 cm³/mol.